The first-order chi connectivity index (χ1) is 6.97. The molecule has 0 aliphatic carbocycles. The maximum Gasteiger partial charge on any atom is -0.00290 e. The molecule has 0 N–H and O–H groups in total. The van der Waals surface area contributed by atoms with E-state index in [-0.39, 0.29) is 0 Å². The van der Waals surface area contributed by atoms with Crippen molar-refractivity contribution >= 4 is 0 Å². The average Bonchev–Trinajstić information content (AvgIpc) is 2.22. The predicted octanol–water partition coefficient (Wildman–Crippen LogP) is 4.20. The summed E-state index contributed by atoms with van der Waals surface area (Å²) in [4.78, 5) is 0. The first-order valence-electron chi connectivity index (χ1n) is 5.33. The minimum atomic E-state index is 0.914. The Labute approximate surface area is 93.3 Å². The normalized spacial score (nSPS) is 10.1. The van der Waals surface area contributed by atoms with Gasteiger partial charge in [0.15, 0.2) is 0 Å². The average molecular weight is 200 g/mol. The van der Waals surface area contributed by atoms with Gasteiger partial charge < -0.3 is 0 Å². The molecule has 0 nitrogen and oxygen atoms in total. The number of hydrogen-bond acceptors (Lipinski definition) is 0. The van der Waals surface area contributed by atoms with Crippen LogP contribution in [0.3, 0.4) is 0 Å². The van der Waals surface area contributed by atoms with Crippen molar-refractivity contribution in [3.8, 4) is 0 Å². The lowest BCUT2D eigenvalue weighted by Crippen LogP contribution is -1.98. The zero-order valence-corrected chi connectivity index (χ0v) is 10.3. The Morgan fingerprint density at radius 2 is 1.73 bits per heavy atom. The molecule has 0 fully saturated rings. The molecule has 0 saturated carbocycles. The summed E-state index contributed by atoms with van der Waals surface area (Å²) in [5.74, 6) is 0. The van der Waals surface area contributed by atoms with Crippen LogP contribution in [-0.4, -0.2) is 0 Å². The number of hydrogen-bond donors (Lipinski definition) is 0. The van der Waals surface area contributed by atoms with Crippen molar-refractivity contribution in [2.75, 3.05) is 0 Å². The molecule has 0 heteroatoms. The van der Waals surface area contributed by atoms with Gasteiger partial charge in [0.25, 0.3) is 0 Å². The Hall–Kier alpha value is -1.30. The number of benzene rings is 1. The second kappa shape index (κ2) is 4.48. The van der Waals surface area contributed by atoms with Crippen molar-refractivity contribution in [1.82, 2.24) is 0 Å². The molecular formula is C15H20. The van der Waals surface area contributed by atoms with Gasteiger partial charge in [0, 0.05) is 0 Å². The fraction of sp³-hybridized carbons (Fsp3) is 0.333. The van der Waals surface area contributed by atoms with Crippen molar-refractivity contribution in [1.29, 1.82) is 0 Å². The summed E-state index contributed by atoms with van der Waals surface area (Å²) in [5, 5.41) is 0. The van der Waals surface area contributed by atoms with Gasteiger partial charge in [-0.1, -0.05) is 30.9 Å². The van der Waals surface area contributed by atoms with Gasteiger partial charge in [0.1, 0.15) is 0 Å². The molecule has 0 spiro atoms. The zero-order valence-electron chi connectivity index (χ0n) is 10.3. The van der Waals surface area contributed by atoms with Gasteiger partial charge in [-0.3, -0.25) is 0 Å². The van der Waals surface area contributed by atoms with E-state index in [1.165, 1.54) is 27.8 Å². The largest absolute Gasteiger partial charge is 0.0988 e. The molecule has 0 bridgehead atoms. The highest BCUT2D eigenvalue weighted by Gasteiger charge is 2.07. The predicted molar refractivity (Wildman–Crippen MR) is 68.4 cm³/mol. The van der Waals surface area contributed by atoms with Gasteiger partial charge in [0.05, 0.1) is 0 Å². The Morgan fingerprint density at radius 3 is 2.27 bits per heavy atom. The number of aryl methyl sites for hydroxylation is 1. The van der Waals surface area contributed by atoms with Gasteiger partial charge in [-0.25, -0.2) is 0 Å². The molecule has 0 radical (unpaired) electrons. The number of rotatable bonds is 3. The third-order valence-corrected chi connectivity index (χ3v) is 3.30. The van der Waals surface area contributed by atoms with Crippen LogP contribution in [0.25, 0.3) is 0 Å². The van der Waals surface area contributed by atoms with Crippen LogP contribution in [0.5, 0.6) is 0 Å². The van der Waals surface area contributed by atoms with Crippen LogP contribution in [0.4, 0.5) is 0 Å². The Bertz CT molecular complexity index is 409. The zero-order chi connectivity index (χ0) is 11.6. The third-order valence-electron chi connectivity index (χ3n) is 3.30. The third kappa shape index (κ3) is 2.38. The molecule has 80 valence electrons. The summed E-state index contributed by atoms with van der Waals surface area (Å²) in [5.41, 5.74) is 8.02. The minimum Gasteiger partial charge on any atom is -0.0988 e. The molecule has 1 aromatic carbocycles. The van der Waals surface area contributed by atoms with Gasteiger partial charge in [-0.2, -0.15) is 0 Å². The van der Waals surface area contributed by atoms with E-state index in [1.807, 2.05) is 6.08 Å². The number of allylic oxidation sites excluding steroid dienone is 2. The molecule has 1 rings (SSSR count). The van der Waals surface area contributed by atoms with Crippen molar-refractivity contribution < 1.29 is 0 Å². The van der Waals surface area contributed by atoms with E-state index in [0.717, 1.165) is 12.0 Å². The summed E-state index contributed by atoms with van der Waals surface area (Å²) in [6.45, 7) is 16.5. The maximum absolute atomic E-state index is 3.97. The highest BCUT2D eigenvalue weighted by Crippen LogP contribution is 2.23. The Balaban J connectivity index is 3.20. The van der Waals surface area contributed by atoms with Gasteiger partial charge in [-0.05, 0) is 61.9 Å². The summed E-state index contributed by atoms with van der Waals surface area (Å²) in [6.07, 6.45) is 2.75. The lowest BCUT2D eigenvalue weighted by molar-refractivity contribution is 1.11. The SMILES string of the molecule is C=CC(=C)Cc1cc(C)c(C)c(C)c1C. The molecule has 0 aliphatic rings. The van der Waals surface area contributed by atoms with Crippen LogP contribution >= 0.6 is 0 Å². The van der Waals surface area contributed by atoms with E-state index in [4.69, 9.17) is 0 Å². The molecule has 0 amide bonds. The fourth-order valence-corrected chi connectivity index (χ4v) is 1.80. The van der Waals surface area contributed by atoms with Crippen molar-refractivity contribution in [2.45, 2.75) is 34.1 Å². The maximum atomic E-state index is 3.97. The van der Waals surface area contributed by atoms with Gasteiger partial charge in [0.2, 0.25) is 0 Å². The monoisotopic (exact) mass is 200 g/mol. The van der Waals surface area contributed by atoms with E-state index in [1.54, 1.807) is 0 Å². The van der Waals surface area contributed by atoms with Crippen molar-refractivity contribution in [3.63, 3.8) is 0 Å². The molecule has 15 heavy (non-hydrogen) atoms. The van der Waals surface area contributed by atoms with E-state index in [9.17, 15) is 0 Å². The van der Waals surface area contributed by atoms with Crippen molar-refractivity contribution in [3.05, 3.63) is 58.7 Å². The fourth-order valence-electron chi connectivity index (χ4n) is 1.80. The molecule has 0 aliphatic heterocycles. The van der Waals surface area contributed by atoms with Crippen LogP contribution in [0.15, 0.2) is 30.9 Å². The highest BCUT2D eigenvalue weighted by molar-refractivity contribution is 5.45. The van der Waals surface area contributed by atoms with Crippen LogP contribution in [0.1, 0.15) is 27.8 Å². The summed E-state index contributed by atoms with van der Waals surface area (Å²) < 4.78 is 0. The highest BCUT2D eigenvalue weighted by atomic mass is 14.1. The Kier molecular flexibility index (Phi) is 3.52. The molecule has 0 aromatic heterocycles. The second-order valence-corrected chi connectivity index (χ2v) is 4.27. The lowest BCUT2D eigenvalue weighted by atomic mass is 9.91. The van der Waals surface area contributed by atoms with Crippen molar-refractivity contribution in [2.24, 2.45) is 0 Å². The van der Waals surface area contributed by atoms with Crippen LogP contribution < -0.4 is 0 Å². The van der Waals surface area contributed by atoms with Gasteiger partial charge in [-0.15, -0.1) is 0 Å². The Morgan fingerprint density at radius 1 is 1.13 bits per heavy atom. The summed E-state index contributed by atoms with van der Waals surface area (Å²) >= 11 is 0. The van der Waals surface area contributed by atoms with E-state index in [2.05, 4.69) is 46.9 Å². The molecule has 1 aromatic rings. The molecule has 0 saturated heterocycles. The molecule has 0 atom stereocenters. The van der Waals surface area contributed by atoms with Crippen LogP contribution in [0.2, 0.25) is 0 Å². The molecule has 0 heterocycles. The van der Waals surface area contributed by atoms with Crippen LogP contribution in [0, 0.1) is 27.7 Å². The molecular weight excluding hydrogens is 180 g/mol. The van der Waals surface area contributed by atoms with Crippen LogP contribution in [-0.2, 0) is 6.42 Å². The first kappa shape index (κ1) is 11.8. The quantitative estimate of drug-likeness (QED) is 0.641. The first-order valence-corrected chi connectivity index (χ1v) is 5.33. The molecule has 0 unspecified atom stereocenters. The summed E-state index contributed by atoms with van der Waals surface area (Å²) in [7, 11) is 0. The topological polar surface area (TPSA) is 0 Å². The summed E-state index contributed by atoms with van der Waals surface area (Å²) in [6, 6.07) is 2.27. The van der Waals surface area contributed by atoms with E-state index in [0.29, 0.717) is 0 Å². The minimum absolute atomic E-state index is 0.914. The van der Waals surface area contributed by atoms with E-state index < -0.39 is 0 Å². The second-order valence-electron chi connectivity index (χ2n) is 4.27. The smallest absolute Gasteiger partial charge is 0.00290 e. The van der Waals surface area contributed by atoms with E-state index >= 15 is 0 Å². The van der Waals surface area contributed by atoms with Gasteiger partial charge >= 0.3 is 0 Å². The standard InChI is InChI=1S/C15H20/c1-7-10(2)8-15-9-11(3)12(4)13(5)14(15)6/h7,9H,1-2,8H2,3-6H3. The lowest BCUT2D eigenvalue weighted by Gasteiger charge is -2.14.